The Balaban J connectivity index is 0.00000320. The van der Waals surface area contributed by atoms with Gasteiger partial charge in [-0.2, -0.15) is 5.10 Å². The van der Waals surface area contributed by atoms with Crippen molar-refractivity contribution in [3.8, 4) is 0 Å². The van der Waals surface area contributed by atoms with Crippen molar-refractivity contribution < 1.29 is 9.53 Å². The van der Waals surface area contributed by atoms with Crippen LogP contribution in [0.15, 0.2) is 35.3 Å². The van der Waals surface area contributed by atoms with Gasteiger partial charge in [0.05, 0.1) is 13.1 Å². The molecule has 0 aliphatic carbocycles. The molecule has 1 aromatic heterocycles. The first-order valence-electron chi connectivity index (χ1n) is 9.99. The van der Waals surface area contributed by atoms with Gasteiger partial charge in [0.25, 0.3) is 5.91 Å². The van der Waals surface area contributed by atoms with Crippen LogP contribution in [0.2, 0.25) is 0 Å². The maximum absolute atomic E-state index is 12.1. The molecule has 1 unspecified atom stereocenters. The van der Waals surface area contributed by atoms with Crippen LogP contribution in [0.1, 0.15) is 35.4 Å². The largest absolute Gasteiger partial charge is 0.377 e. The summed E-state index contributed by atoms with van der Waals surface area (Å²) in [5, 5.41) is 14.1. The number of aromatic nitrogens is 3. The van der Waals surface area contributed by atoms with Crippen molar-refractivity contribution in [1.82, 2.24) is 30.7 Å². The Kier molecular flexibility index (Phi) is 10.0. The number of ether oxygens (including phenoxy) is 1. The molecular formula is C20H30IN7O2. The number of benzene rings is 1. The molecule has 9 nitrogen and oxygen atoms in total. The fourth-order valence-electron chi connectivity index (χ4n) is 3.21. The monoisotopic (exact) mass is 527 g/mol. The van der Waals surface area contributed by atoms with Crippen molar-refractivity contribution in [2.75, 3.05) is 26.7 Å². The highest BCUT2D eigenvalue weighted by atomic mass is 127. The SMILES string of the molecule is CCNC(=NCCNC(=O)c1ccccc1)NC1CCc2nc(COC)nn2C1.I. The number of fused-ring (bicyclic) bond motifs is 1. The molecule has 0 saturated heterocycles. The van der Waals surface area contributed by atoms with E-state index in [2.05, 4.69) is 31.0 Å². The summed E-state index contributed by atoms with van der Waals surface area (Å²) in [5.41, 5.74) is 0.653. The average Bonchev–Trinajstić information content (AvgIpc) is 3.13. The molecule has 0 spiro atoms. The van der Waals surface area contributed by atoms with E-state index in [-0.39, 0.29) is 35.9 Å². The number of hydrogen-bond acceptors (Lipinski definition) is 5. The summed E-state index contributed by atoms with van der Waals surface area (Å²) in [6.07, 6.45) is 1.82. The lowest BCUT2D eigenvalue weighted by atomic mass is 10.1. The van der Waals surface area contributed by atoms with E-state index in [9.17, 15) is 4.79 Å². The van der Waals surface area contributed by atoms with Gasteiger partial charge in [0.1, 0.15) is 12.4 Å². The maximum atomic E-state index is 12.1. The summed E-state index contributed by atoms with van der Waals surface area (Å²) in [4.78, 5) is 21.2. The van der Waals surface area contributed by atoms with Crippen LogP contribution >= 0.6 is 24.0 Å². The van der Waals surface area contributed by atoms with Crippen molar-refractivity contribution in [1.29, 1.82) is 0 Å². The van der Waals surface area contributed by atoms with E-state index in [4.69, 9.17) is 4.74 Å². The Morgan fingerprint density at radius 1 is 1.30 bits per heavy atom. The van der Waals surface area contributed by atoms with E-state index in [1.807, 2.05) is 29.8 Å². The summed E-state index contributed by atoms with van der Waals surface area (Å²) in [6.45, 7) is 4.93. The van der Waals surface area contributed by atoms with E-state index in [1.165, 1.54) is 0 Å². The molecule has 0 saturated carbocycles. The van der Waals surface area contributed by atoms with Gasteiger partial charge >= 0.3 is 0 Å². The van der Waals surface area contributed by atoms with Gasteiger partial charge in [-0.1, -0.05) is 18.2 Å². The number of rotatable bonds is 8. The second-order valence-electron chi connectivity index (χ2n) is 6.82. The number of amides is 1. The number of hydrogen-bond donors (Lipinski definition) is 3. The molecule has 0 bridgehead atoms. The van der Waals surface area contributed by atoms with E-state index < -0.39 is 0 Å². The van der Waals surface area contributed by atoms with Crippen molar-refractivity contribution in [2.24, 2.45) is 4.99 Å². The van der Waals surface area contributed by atoms with Gasteiger partial charge in [-0.15, -0.1) is 24.0 Å². The second kappa shape index (κ2) is 12.5. The van der Waals surface area contributed by atoms with Crippen molar-refractivity contribution in [2.45, 2.75) is 39.0 Å². The minimum absolute atomic E-state index is 0. The number of nitrogens with zero attached hydrogens (tertiary/aromatic N) is 4. The third-order valence-electron chi connectivity index (χ3n) is 4.56. The molecule has 0 fully saturated rings. The van der Waals surface area contributed by atoms with E-state index >= 15 is 0 Å². The third-order valence-corrected chi connectivity index (χ3v) is 4.56. The van der Waals surface area contributed by atoms with Crippen molar-refractivity contribution in [3.05, 3.63) is 47.5 Å². The number of aryl methyl sites for hydroxylation is 1. The number of carbonyl (C=O) groups excluding carboxylic acids is 1. The van der Waals surface area contributed by atoms with Crippen LogP contribution in [-0.2, 0) is 24.3 Å². The molecular weight excluding hydrogens is 497 g/mol. The van der Waals surface area contributed by atoms with Crippen LogP contribution in [0.3, 0.4) is 0 Å². The van der Waals surface area contributed by atoms with Gasteiger partial charge in [-0.05, 0) is 25.5 Å². The summed E-state index contributed by atoms with van der Waals surface area (Å²) in [7, 11) is 1.64. The first kappa shape index (κ1) is 24.1. The lowest BCUT2D eigenvalue weighted by Gasteiger charge is -2.25. The lowest BCUT2D eigenvalue weighted by molar-refractivity contribution is 0.0955. The average molecular weight is 527 g/mol. The molecule has 1 amide bonds. The molecule has 3 N–H and O–H groups in total. The Labute approximate surface area is 194 Å². The zero-order chi connectivity index (χ0) is 20.5. The van der Waals surface area contributed by atoms with Gasteiger partial charge < -0.3 is 20.7 Å². The number of guanidine groups is 1. The first-order valence-corrected chi connectivity index (χ1v) is 9.99. The van der Waals surface area contributed by atoms with Gasteiger partial charge in [-0.3, -0.25) is 9.79 Å². The van der Waals surface area contributed by atoms with Crippen LogP contribution in [0.4, 0.5) is 0 Å². The quantitative estimate of drug-likeness (QED) is 0.207. The smallest absolute Gasteiger partial charge is 0.251 e. The minimum Gasteiger partial charge on any atom is -0.377 e. The summed E-state index contributed by atoms with van der Waals surface area (Å²) in [5.74, 6) is 2.38. The Morgan fingerprint density at radius 2 is 2.10 bits per heavy atom. The summed E-state index contributed by atoms with van der Waals surface area (Å²) < 4.78 is 7.06. The first-order chi connectivity index (χ1) is 14.2. The predicted octanol–water partition coefficient (Wildman–Crippen LogP) is 1.34. The van der Waals surface area contributed by atoms with E-state index in [0.717, 1.165) is 43.5 Å². The topological polar surface area (TPSA) is 105 Å². The molecule has 0 radical (unpaired) electrons. The molecule has 164 valence electrons. The maximum Gasteiger partial charge on any atom is 0.251 e. The van der Waals surface area contributed by atoms with Crippen LogP contribution < -0.4 is 16.0 Å². The molecule has 1 aliphatic heterocycles. The number of nitrogens with one attached hydrogen (secondary N) is 3. The number of halogens is 1. The van der Waals surface area contributed by atoms with Crippen LogP contribution in [-0.4, -0.2) is 59.4 Å². The van der Waals surface area contributed by atoms with Crippen LogP contribution in [0.5, 0.6) is 0 Å². The van der Waals surface area contributed by atoms with Crippen LogP contribution in [0.25, 0.3) is 0 Å². The fourth-order valence-corrected chi connectivity index (χ4v) is 3.21. The Morgan fingerprint density at radius 3 is 2.83 bits per heavy atom. The summed E-state index contributed by atoms with van der Waals surface area (Å²) in [6, 6.07) is 9.40. The lowest BCUT2D eigenvalue weighted by Crippen LogP contribution is -2.47. The van der Waals surface area contributed by atoms with Crippen LogP contribution in [0, 0.1) is 0 Å². The highest BCUT2D eigenvalue weighted by molar-refractivity contribution is 14.0. The Bertz CT molecular complexity index is 826. The van der Waals surface area contributed by atoms with E-state index in [1.54, 1.807) is 19.2 Å². The minimum atomic E-state index is -0.0865. The number of aliphatic imine (C=N–C) groups is 1. The van der Waals surface area contributed by atoms with Crippen molar-refractivity contribution >= 4 is 35.8 Å². The number of carbonyl (C=O) groups is 1. The number of methoxy groups -OCH3 is 1. The van der Waals surface area contributed by atoms with Gasteiger partial charge in [-0.25, -0.2) is 9.67 Å². The van der Waals surface area contributed by atoms with Gasteiger partial charge in [0.15, 0.2) is 11.8 Å². The van der Waals surface area contributed by atoms with Crippen molar-refractivity contribution in [3.63, 3.8) is 0 Å². The highest BCUT2D eigenvalue weighted by Crippen LogP contribution is 2.13. The molecule has 1 aliphatic rings. The van der Waals surface area contributed by atoms with Gasteiger partial charge in [0.2, 0.25) is 0 Å². The van der Waals surface area contributed by atoms with Gasteiger partial charge in [0, 0.05) is 38.2 Å². The normalized spacial score (nSPS) is 15.7. The molecule has 1 aromatic carbocycles. The summed E-state index contributed by atoms with van der Waals surface area (Å²) >= 11 is 0. The zero-order valence-electron chi connectivity index (χ0n) is 17.4. The molecule has 1 atom stereocenters. The second-order valence-corrected chi connectivity index (χ2v) is 6.82. The molecule has 2 aromatic rings. The van der Waals surface area contributed by atoms with E-state index in [0.29, 0.717) is 25.3 Å². The molecule has 30 heavy (non-hydrogen) atoms. The predicted molar refractivity (Wildman–Crippen MR) is 126 cm³/mol. The highest BCUT2D eigenvalue weighted by Gasteiger charge is 2.22. The zero-order valence-corrected chi connectivity index (χ0v) is 19.8. The molecule has 10 heteroatoms. The third kappa shape index (κ3) is 6.94. The molecule has 2 heterocycles. The Hall–Kier alpha value is -2.21. The standard InChI is InChI=1S/C20H29N7O2.HI/c1-3-21-20(23-12-11-22-19(28)15-7-5-4-6-8-15)24-16-9-10-18-25-17(14-29-2)26-27(18)13-16;/h4-8,16H,3,9-14H2,1-2H3,(H,22,28)(H2,21,23,24);1H. The molecule has 3 rings (SSSR count). The fraction of sp³-hybridized carbons (Fsp3) is 0.500.